The van der Waals surface area contributed by atoms with Crippen LogP contribution in [0, 0.1) is 0 Å². The highest BCUT2D eigenvalue weighted by atomic mass is 79.9. The van der Waals surface area contributed by atoms with Gasteiger partial charge in [-0.2, -0.15) is 4.37 Å². The van der Waals surface area contributed by atoms with E-state index < -0.39 is 8.32 Å². The summed E-state index contributed by atoms with van der Waals surface area (Å²) in [6.07, 6.45) is 3.15. The zero-order valence-electron chi connectivity index (χ0n) is 18.4. The molecule has 0 saturated carbocycles. The molecule has 0 radical (unpaired) electrons. The standard InChI is InChI=1S/C22H30BrN3O2SSi/c1-21(2,3)30(4,5)28-13-18(27)26-12-11-22(14-26)10-9-15-16(7-6-8-17(15)22)19-24-20(23)25-29-19/h6-8H,9-14H2,1-5H3. The van der Waals surface area contributed by atoms with Crippen molar-refractivity contribution in [1.29, 1.82) is 0 Å². The minimum absolute atomic E-state index is 0.0693. The van der Waals surface area contributed by atoms with Gasteiger partial charge in [-0.1, -0.05) is 39.0 Å². The molecule has 5 nitrogen and oxygen atoms in total. The summed E-state index contributed by atoms with van der Waals surface area (Å²) < 4.78 is 11.1. The van der Waals surface area contributed by atoms with E-state index in [1.54, 1.807) is 0 Å². The van der Waals surface area contributed by atoms with Crippen molar-refractivity contribution in [1.82, 2.24) is 14.3 Å². The molecule has 4 rings (SSSR count). The highest BCUT2D eigenvalue weighted by molar-refractivity contribution is 9.10. The second-order valence-corrected chi connectivity index (χ2v) is 16.4. The molecule has 1 atom stereocenters. The lowest BCUT2D eigenvalue weighted by molar-refractivity contribution is -0.132. The number of carbonyl (C=O) groups is 1. The van der Waals surface area contributed by atoms with Gasteiger partial charge >= 0.3 is 0 Å². The summed E-state index contributed by atoms with van der Waals surface area (Å²) in [5.41, 5.74) is 4.04. The molecular formula is C22H30BrN3O2SSi. The van der Waals surface area contributed by atoms with Crippen LogP contribution in [0.15, 0.2) is 22.9 Å². The molecule has 8 heteroatoms. The van der Waals surface area contributed by atoms with E-state index in [0.717, 1.165) is 37.4 Å². The number of likely N-dealkylation sites (tertiary alicyclic amines) is 1. The van der Waals surface area contributed by atoms with Gasteiger partial charge in [-0.25, -0.2) is 4.98 Å². The summed E-state index contributed by atoms with van der Waals surface area (Å²) in [7, 11) is -1.92. The minimum Gasteiger partial charge on any atom is -0.408 e. The van der Waals surface area contributed by atoms with E-state index in [-0.39, 0.29) is 23.0 Å². The van der Waals surface area contributed by atoms with Gasteiger partial charge in [-0.3, -0.25) is 4.79 Å². The molecule has 162 valence electrons. The van der Waals surface area contributed by atoms with Gasteiger partial charge in [0.25, 0.3) is 0 Å². The second-order valence-electron chi connectivity index (χ2n) is 10.1. The van der Waals surface area contributed by atoms with Crippen molar-refractivity contribution in [3.63, 3.8) is 0 Å². The van der Waals surface area contributed by atoms with E-state index in [0.29, 0.717) is 4.73 Å². The fourth-order valence-electron chi connectivity index (χ4n) is 4.43. The summed E-state index contributed by atoms with van der Waals surface area (Å²) >= 11 is 4.80. The van der Waals surface area contributed by atoms with E-state index in [9.17, 15) is 4.79 Å². The summed E-state index contributed by atoms with van der Waals surface area (Å²) in [6.45, 7) is 12.8. The molecule has 1 spiro atoms. The molecule has 0 bridgehead atoms. The predicted octanol–water partition coefficient (Wildman–Crippen LogP) is 5.41. The number of rotatable bonds is 4. The maximum absolute atomic E-state index is 13.0. The molecule has 1 aromatic heterocycles. The molecule has 1 aliphatic carbocycles. The van der Waals surface area contributed by atoms with E-state index in [1.165, 1.54) is 28.2 Å². The number of nitrogens with zero attached hydrogens (tertiary/aromatic N) is 3. The molecule has 2 heterocycles. The molecule has 1 unspecified atom stereocenters. The number of hydrogen-bond donors (Lipinski definition) is 0. The Morgan fingerprint density at radius 3 is 2.77 bits per heavy atom. The van der Waals surface area contributed by atoms with E-state index in [4.69, 9.17) is 4.43 Å². The van der Waals surface area contributed by atoms with Crippen LogP contribution in [0.5, 0.6) is 0 Å². The number of hydrogen-bond acceptors (Lipinski definition) is 5. The normalized spacial score (nSPS) is 21.5. The lowest BCUT2D eigenvalue weighted by atomic mass is 9.81. The van der Waals surface area contributed by atoms with Crippen LogP contribution in [-0.2, 0) is 21.1 Å². The van der Waals surface area contributed by atoms with Crippen LogP contribution in [0.25, 0.3) is 10.6 Å². The third-order valence-corrected chi connectivity index (χ3v) is 13.1. The van der Waals surface area contributed by atoms with E-state index >= 15 is 0 Å². The fraction of sp³-hybridized carbons (Fsp3) is 0.591. The van der Waals surface area contributed by atoms with Crippen molar-refractivity contribution in [2.24, 2.45) is 0 Å². The lowest BCUT2D eigenvalue weighted by Crippen LogP contribution is -2.44. The quantitative estimate of drug-likeness (QED) is 0.519. The van der Waals surface area contributed by atoms with Gasteiger partial charge in [-0.15, -0.1) is 0 Å². The smallest absolute Gasteiger partial charge is 0.247 e. The Balaban J connectivity index is 1.50. The highest BCUT2D eigenvalue weighted by Gasteiger charge is 2.46. The molecule has 1 aliphatic heterocycles. The van der Waals surface area contributed by atoms with Gasteiger partial charge < -0.3 is 9.33 Å². The van der Waals surface area contributed by atoms with Crippen LogP contribution >= 0.6 is 27.5 Å². The zero-order valence-corrected chi connectivity index (χ0v) is 21.8. The number of aromatic nitrogens is 2. The van der Waals surface area contributed by atoms with Crippen LogP contribution in [0.3, 0.4) is 0 Å². The number of fused-ring (bicyclic) bond motifs is 2. The number of benzene rings is 1. The first kappa shape index (κ1) is 22.1. The monoisotopic (exact) mass is 507 g/mol. The maximum Gasteiger partial charge on any atom is 0.247 e. The van der Waals surface area contributed by atoms with Crippen molar-refractivity contribution in [2.45, 2.75) is 63.6 Å². The van der Waals surface area contributed by atoms with Gasteiger partial charge in [0, 0.05) is 24.1 Å². The molecular weight excluding hydrogens is 478 g/mol. The Bertz CT molecular complexity index is 972. The number of halogens is 1. The lowest BCUT2D eigenvalue weighted by Gasteiger charge is -2.36. The largest absolute Gasteiger partial charge is 0.408 e. The molecule has 2 aliphatic rings. The first-order chi connectivity index (χ1) is 14.0. The van der Waals surface area contributed by atoms with Gasteiger partial charge in [-0.05, 0) is 76.0 Å². The first-order valence-electron chi connectivity index (χ1n) is 10.6. The van der Waals surface area contributed by atoms with Gasteiger partial charge in [0.05, 0.1) is 0 Å². The van der Waals surface area contributed by atoms with Crippen molar-refractivity contribution in [2.75, 3.05) is 19.7 Å². The second kappa shape index (κ2) is 7.80. The molecule has 1 aromatic carbocycles. The van der Waals surface area contributed by atoms with Crippen LogP contribution in [0.1, 0.15) is 44.7 Å². The minimum atomic E-state index is -1.92. The Morgan fingerprint density at radius 1 is 1.33 bits per heavy atom. The van der Waals surface area contributed by atoms with Gasteiger partial charge in [0.15, 0.2) is 8.32 Å². The van der Waals surface area contributed by atoms with Gasteiger partial charge in [0.2, 0.25) is 10.6 Å². The Hall–Kier alpha value is -1.09. The SMILES string of the molecule is CC(C)(C)[Si](C)(C)OCC(=O)N1CCC2(CCc3c(-c4nc(Br)ns4)cccc32)C1. The fourth-order valence-corrected chi connectivity index (χ4v) is 6.48. The van der Waals surface area contributed by atoms with Crippen LogP contribution < -0.4 is 0 Å². The molecule has 30 heavy (non-hydrogen) atoms. The molecule has 0 N–H and O–H groups in total. The third-order valence-electron chi connectivity index (χ3n) is 7.30. The van der Waals surface area contributed by atoms with Crippen molar-refractivity contribution < 1.29 is 9.22 Å². The Labute approximate surface area is 192 Å². The van der Waals surface area contributed by atoms with E-state index in [2.05, 4.69) is 77.4 Å². The third kappa shape index (κ3) is 3.92. The highest BCUT2D eigenvalue weighted by Crippen LogP contribution is 2.48. The molecule has 2 aromatic rings. The van der Waals surface area contributed by atoms with Crippen LogP contribution in [0.2, 0.25) is 18.1 Å². The van der Waals surface area contributed by atoms with Crippen molar-refractivity contribution >= 4 is 41.7 Å². The van der Waals surface area contributed by atoms with E-state index in [1.807, 2.05) is 4.90 Å². The summed E-state index contributed by atoms with van der Waals surface area (Å²) in [5, 5.41) is 1.07. The summed E-state index contributed by atoms with van der Waals surface area (Å²) in [4.78, 5) is 19.5. The number of carbonyl (C=O) groups excluding carboxylic acids is 1. The number of amides is 1. The average Bonchev–Trinajstić information content (AvgIpc) is 3.39. The first-order valence-corrected chi connectivity index (χ1v) is 15.0. The zero-order chi connectivity index (χ0) is 21.7. The predicted molar refractivity (Wildman–Crippen MR) is 127 cm³/mol. The Kier molecular flexibility index (Phi) is 5.75. The van der Waals surface area contributed by atoms with Gasteiger partial charge in [0.1, 0.15) is 11.6 Å². The molecule has 1 fully saturated rings. The summed E-state index contributed by atoms with van der Waals surface area (Å²) in [6, 6.07) is 6.53. The van der Waals surface area contributed by atoms with Crippen molar-refractivity contribution in [3.05, 3.63) is 34.1 Å². The Morgan fingerprint density at radius 2 is 2.10 bits per heavy atom. The molecule has 1 amide bonds. The van der Waals surface area contributed by atoms with Crippen LogP contribution in [0.4, 0.5) is 0 Å². The average molecular weight is 509 g/mol. The maximum atomic E-state index is 13.0. The van der Waals surface area contributed by atoms with Crippen molar-refractivity contribution in [3.8, 4) is 10.6 Å². The molecule has 1 saturated heterocycles. The van der Waals surface area contributed by atoms with Crippen LogP contribution in [-0.4, -0.2) is 48.2 Å². The topological polar surface area (TPSA) is 55.3 Å². The summed E-state index contributed by atoms with van der Waals surface area (Å²) in [5.74, 6) is 0.134.